The first-order valence-corrected chi connectivity index (χ1v) is 5.74. The molecule has 0 saturated carbocycles. The Morgan fingerprint density at radius 1 is 1.18 bits per heavy atom. The van der Waals surface area contributed by atoms with E-state index in [0.717, 1.165) is 5.56 Å². The lowest BCUT2D eigenvalue weighted by Gasteiger charge is -2.05. The number of hydrogen-bond acceptors (Lipinski definition) is 3. The fourth-order valence-electron chi connectivity index (χ4n) is 1.15. The van der Waals surface area contributed by atoms with Crippen LogP contribution in [0.5, 0.6) is 0 Å². The van der Waals surface area contributed by atoms with Gasteiger partial charge in [-0.15, -0.1) is 11.6 Å². The molecule has 0 fully saturated rings. The molecule has 0 aliphatic rings. The first-order chi connectivity index (χ1) is 8.22. The molecular formula is C11H14ClN3O2. The molecule has 0 aromatic carbocycles. The van der Waals surface area contributed by atoms with Gasteiger partial charge < -0.3 is 10.6 Å². The zero-order valence-corrected chi connectivity index (χ0v) is 10.0. The lowest BCUT2D eigenvalue weighted by molar-refractivity contribution is -0.121. The number of rotatable bonds is 6. The molecule has 1 heterocycles. The van der Waals surface area contributed by atoms with E-state index in [1.54, 1.807) is 12.4 Å². The van der Waals surface area contributed by atoms with Gasteiger partial charge in [-0.1, -0.05) is 0 Å². The average molecular weight is 256 g/mol. The van der Waals surface area contributed by atoms with Gasteiger partial charge in [0.15, 0.2) is 0 Å². The fourth-order valence-corrected chi connectivity index (χ4v) is 1.25. The highest BCUT2D eigenvalue weighted by Crippen LogP contribution is 1.94. The molecular weight excluding hydrogens is 242 g/mol. The van der Waals surface area contributed by atoms with Crippen molar-refractivity contribution in [3.63, 3.8) is 0 Å². The van der Waals surface area contributed by atoms with Crippen LogP contribution in [0.1, 0.15) is 12.0 Å². The third-order valence-electron chi connectivity index (χ3n) is 2.03. The Morgan fingerprint density at radius 3 is 2.53 bits per heavy atom. The van der Waals surface area contributed by atoms with Gasteiger partial charge >= 0.3 is 0 Å². The van der Waals surface area contributed by atoms with Gasteiger partial charge in [-0.2, -0.15) is 0 Å². The number of amides is 2. The molecule has 92 valence electrons. The van der Waals surface area contributed by atoms with E-state index in [-0.39, 0.29) is 24.1 Å². The Balaban J connectivity index is 2.16. The molecule has 1 aromatic heterocycles. The number of alkyl halides is 1. The minimum atomic E-state index is -0.270. The van der Waals surface area contributed by atoms with Gasteiger partial charge in [-0.05, 0) is 17.7 Å². The molecule has 1 aromatic rings. The molecule has 2 N–H and O–H groups in total. The van der Waals surface area contributed by atoms with Gasteiger partial charge in [0.05, 0.1) is 0 Å². The SMILES string of the molecule is O=C(CCl)NCCC(=O)NCc1ccncc1. The fraction of sp³-hybridized carbons (Fsp3) is 0.364. The summed E-state index contributed by atoms with van der Waals surface area (Å²) in [6.45, 7) is 0.762. The molecule has 6 heteroatoms. The highest BCUT2D eigenvalue weighted by atomic mass is 35.5. The van der Waals surface area contributed by atoms with Crippen molar-refractivity contribution >= 4 is 23.4 Å². The van der Waals surface area contributed by atoms with Gasteiger partial charge in [0.1, 0.15) is 5.88 Å². The van der Waals surface area contributed by atoms with E-state index in [4.69, 9.17) is 11.6 Å². The zero-order chi connectivity index (χ0) is 12.5. The molecule has 0 spiro atoms. The van der Waals surface area contributed by atoms with Crippen LogP contribution >= 0.6 is 11.6 Å². The topological polar surface area (TPSA) is 71.1 Å². The Kier molecular flexibility index (Phi) is 6.03. The van der Waals surface area contributed by atoms with Crippen molar-refractivity contribution in [3.8, 4) is 0 Å². The minimum absolute atomic E-state index is 0.0847. The summed E-state index contributed by atoms with van der Waals surface area (Å²) in [7, 11) is 0. The number of halogens is 1. The second-order valence-corrected chi connectivity index (χ2v) is 3.63. The number of carbonyl (C=O) groups is 2. The van der Waals surface area contributed by atoms with Crippen LogP contribution in [-0.2, 0) is 16.1 Å². The van der Waals surface area contributed by atoms with Gasteiger partial charge in [0, 0.05) is 31.9 Å². The second-order valence-electron chi connectivity index (χ2n) is 3.37. The number of nitrogens with one attached hydrogen (secondary N) is 2. The van der Waals surface area contributed by atoms with Crippen molar-refractivity contribution in [2.75, 3.05) is 12.4 Å². The van der Waals surface area contributed by atoms with Crippen molar-refractivity contribution in [3.05, 3.63) is 30.1 Å². The smallest absolute Gasteiger partial charge is 0.234 e. The predicted octanol–water partition coefficient (Wildman–Crippen LogP) is 0.443. The van der Waals surface area contributed by atoms with Crippen LogP contribution in [0.2, 0.25) is 0 Å². The molecule has 17 heavy (non-hydrogen) atoms. The summed E-state index contributed by atoms with van der Waals surface area (Å²) < 4.78 is 0. The first-order valence-electron chi connectivity index (χ1n) is 5.20. The maximum absolute atomic E-state index is 11.4. The standard InChI is InChI=1S/C11H14ClN3O2/c12-7-11(17)14-6-3-10(16)15-8-9-1-4-13-5-2-9/h1-2,4-5H,3,6-8H2,(H,14,17)(H,15,16). The molecule has 0 aliphatic heterocycles. The number of carbonyl (C=O) groups excluding carboxylic acids is 2. The zero-order valence-electron chi connectivity index (χ0n) is 9.28. The maximum Gasteiger partial charge on any atom is 0.234 e. The average Bonchev–Trinajstić information content (AvgIpc) is 2.37. The summed E-state index contributed by atoms with van der Waals surface area (Å²) in [4.78, 5) is 26.0. The van der Waals surface area contributed by atoms with E-state index >= 15 is 0 Å². The van der Waals surface area contributed by atoms with Crippen molar-refractivity contribution in [1.29, 1.82) is 0 Å². The minimum Gasteiger partial charge on any atom is -0.355 e. The summed E-state index contributed by atoms with van der Waals surface area (Å²) in [5, 5.41) is 5.26. The lowest BCUT2D eigenvalue weighted by atomic mass is 10.2. The molecule has 1 rings (SSSR count). The normalized spacial score (nSPS) is 9.71. The molecule has 5 nitrogen and oxygen atoms in total. The Labute approximate surface area is 105 Å². The van der Waals surface area contributed by atoms with Crippen LogP contribution in [0.3, 0.4) is 0 Å². The molecule has 0 unspecified atom stereocenters. The number of aromatic nitrogens is 1. The van der Waals surface area contributed by atoms with E-state index in [0.29, 0.717) is 13.1 Å². The number of pyridine rings is 1. The van der Waals surface area contributed by atoms with E-state index < -0.39 is 0 Å². The van der Waals surface area contributed by atoms with E-state index in [1.807, 2.05) is 12.1 Å². The lowest BCUT2D eigenvalue weighted by Crippen LogP contribution is -2.31. The monoisotopic (exact) mass is 255 g/mol. The summed E-state index contributed by atoms with van der Waals surface area (Å²) in [6, 6.07) is 3.66. The van der Waals surface area contributed by atoms with Crippen molar-refractivity contribution in [1.82, 2.24) is 15.6 Å². The van der Waals surface area contributed by atoms with E-state index in [1.165, 1.54) is 0 Å². The predicted molar refractivity (Wildman–Crippen MR) is 64.4 cm³/mol. The van der Waals surface area contributed by atoms with Gasteiger partial charge in [0.25, 0.3) is 0 Å². The highest BCUT2D eigenvalue weighted by Gasteiger charge is 2.02. The van der Waals surface area contributed by atoms with Crippen molar-refractivity contribution < 1.29 is 9.59 Å². The first kappa shape index (κ1) is 13.4. The number of nitrogens with zero attached hydrogens (tertiary/aromatic N) is 1. The second kappa shape index (κ2) is 7.62. The van der Waals surface area contributed by atoms with Gasteiger partial charge in [0.2, 0.25) is 11.8 Å². The third kappa shape index (κ3) is 5.87. The van der Waals surface area contributed by atoms with Crippen molar-refractivity contribution in [2.24, 2.45) is 0 Å². The largest absolute Gasteiger partial charge is 0.355 e. The van der Waals surface area contributed by atoms with Crippen LogP contribution < -0.4 is 10.6 Å². The molecule has 0 saturated heterocycles. The number of hydrogen-bond donors (Lipinski definition) is 2. The summed E-state index contributed by atoms with van der Waals surface area (Å²) >= 11 is 5.29. The maximum atomic E-state index is 11.4. The molecule has 0 bridgehead atoms. The molecule has 0 radical (unpaired) electrons. The van der Waals surface area contributed by atoms with Gasteiger partial charge in [-0.25, -0.2) is 0 Å². The van der Waals surface area contributed by atoms with Gasteiger partial charge in [-0.3, -0.25) is 14.6 Å². The molecule has 2 amide bonds. The Hall–Kier alpha value is -1.62. The Bertz CT molecular complexity index is 370. The third-order valence-corrected chi connectivity index (χ3v) is 2.28. The summed E-state index contributed by atoms with van der Waals surface area (Å²) in [5.74, 6) is -0.469. The summed E-state index contributed by atoms with van der Waals surface area (Å²) in [6.07, 6.45) is 3.58. The summed E-state index contributed by atoms with van der Waals surface area (Å²) in [5.41, 5.74) is 0.984. The Morgan fingerprint density at radius 2 is 1.88 bits per heavy atom. The van der Waals surface area contributed by atoms with E-state index in [2.05, 4.69) is 15.6 Å². The molecule has 0 atom stereocenters. The highest BCUT2D eigenvalue weighted by molar-refractivity contribution is 6.27. The van der Waals surface area contributed by atoms with Crippen LogP contribution in [0.4, 0.5) is 0 Å². The quantitative estimate of drug-likeness (QED) is 0.725. The molecule has 0 aliphatic carbocycles. The van der Waals surface area contributed by atoms with Crippen molar-refractivity contribution in [2.45, 2.75) is 13.0 Å². The van der Waals surface area contributed by atoms with E-state index in [9.17, 15) is 9.59 Å². The van der Waals surface area contributed by atoms with Crippen LogP contribution in [0, 0.1) is 0 Å². The van der Waals surface area contributed by atoms with Crippen LogP contribution in [0.15, 0.2) is 24.5 Å². The van der Waals surface area contributed by atoms with Crippen LogP contribution in [0.25, 0.3) is 0 Å². The van der Waals surface area contributed by atoms with Crippen LogP contribution in [-0.4, -0.2) is 29.2 Å².